The summed E-state index contributed by atoms with van der Waals surface area (Å²) in [6.07, 6.45) is 4.94. The Morgan fingerprint density at radius 2 is 2.03 bits per heavy atom. The number of nitrogens with zero attached hydrogens (tertiary/aromatic N) is 4. The average molecular weight is 485 g/mol. The molecule has 2 aliphatic rings. The van der Waals surface area contributed by atoms with Gasteiger partial charge in [0.25, 0.3) is 11.5 Å². The van der Waals surface area contributed by atoms with E-state index >= 15 is 0 Å². The summed E-state index contributed by atoms with van der Waals surface area (Å²) in [5.74, 6) is 2.99. The third-order valence-corrected chi connectivity index (χ3v) is 7.74. The van der Waals surface area contributed by atoms with E-state index in [9.17, 15) is 9.59 Å². The SMILES string of the molecule is Cc1cccn2c(=O)c(C=C3SC(=S)N(Cc4ccco4)C3=O)c(N3CCSCC3)nc12. The van der Waals surface area contributed by atoms with Crippen LogP contribution in [0.3, 0.4) is 0 Å². The molecule has 10 heteroatoms. The zero-order chi connectivity index (χ0) is 22.2. The highest BCUT2D eigenvalue weighted by Crippen LogP contribution is 2.34. The van der Waals surface area contributed by atoms with Crippen LogP contribution < -0.4 is 10.5 Å². The Kier molecular flexibility index (Phi) is 5.83. The third-order valence-electron chi connectivity index (χ3n) is 5.42. The number of hydrogen-bond acceptors (Lipinski definition) is 8. The number of amides is 1. The summed E-state index contributed by atoms with van der Waals surface area (Å²) in [6.45, 7) is 3.81. The van der Waals surface area contributed by atoms with Crippen LogP contribution in [0.5, 0.6) is 0 Å². The zero-order valence-electron chi connectivity index (χ0n) is 17.3. The lowest BCUT2D eigenvalue weighted by Crippen LogP contribution is -2.36. The molecule has 2 fully saturated rings. The summed E-state index contributed by atoms with van der Waals surface area (Å²) in [5.41, 5.74) is 1.78. The second-order valence-electron chi connectivity index (χ2n) is 7.49. The number of furan rings is 1. The summed E-state index contributed by atoms with van der Waals surface area (Å²) in [7, 11) is 0. The molecule has 0 aliphatic carbocycles. The number of thiocarbonyl (C=S) groups is 1. The van der Waals surface area contributed by atoms with Gasteiger partial charge >= 0.3 is 0 Å². The Morgan fingerprint density at radius 3 is 2.78 bits per heavy atom. The van der Waals surface area contributed by atoms with Crippen LogP contribution >= 0.6 is 35.7 Å². The molecule has 3 aromatic heterocycles. The van der Waals surface area contributed by atoms with Gasteiger partial charge in [-0.1, -0.05) is 30.0 Å². The number of fused-ring (bicyclic) bond motifs is 1. The van der Waals surface area contributed by atoms with Gasteiger partial charge in [-0.15, -0.1) is 0 Å². The predicted octanol–water partition coefficient (Wildman–Crippen LogP) is 3.55. The molecular weight excluding hydrogens is 464 g/mol. The van der Waals surface area contributed by atoms with Crippen LogP contribution in [-0.4, -0.2) is 49.1 Å². The molecule has 5 heterocycles. The maximum atomic E-state index is 13.5. The largest absolute Gasteiger partial charge is 0.467 e. The molecule has 7 nitrogen and oxygen atoms in total. The minimum atomic E-state index is -0.231. The Balaban J connectivity index is 1.60. The molecule has 5 rings (SSSR count). The van der Waals surface area contributed by atoms with Gasteiger partial charge in [0, 0.05) is 30.8 Å². The standard InChI is InChI=1S/C22H20N4O3S3/c1-14-4-2-6-25-18(14)23-19(24-7-10-31-11-8-24)16(20(25)27)12-17-21(28)26(22(30)32-17)13-15-5-3-9-29-15/h2-6,9,12H,7-8,10-11,13H2,1H3. The number of pyridine rings is 1. The molecule has 2 aliphatic heterocycles. The van der Waals surface area contributed by atoms with Crippen molar-refractivity contribution in [3.8, 4) is 0 Å². The van der Waals surface area contributed by atoms with Crippen LogP contribution in [0.1, 0.15) is 16.9 Å². The van der Waals surface area contributed by atoms with Gasteiger partial charge in [0.1, 0.15) is 21.5 Å². The number of hydrogen-bond donors (Lipinski definition) is 0. The number of carbonyl (C=O) groups is 1. The lowest BCUT2D eigenvalue weighted by Gasteiger charge is -2.28. The molecule has 0 bridgehead atoms. The van der Waals surface area contributed by atoms with Crippen LogP contribution in [0.25, 0.3) is 11.7 Å². The molecule has 164 valence electrons. The predicted molar refractivity (Wildman–Crippen MR) is 133 cm³/mol. The Hall–Kier alpha value is -2.56. The second-order valence-corrected chi connectivity index (χ2v) is 10.4. The lowest BCUT2D eigenvalue weighted by molar-refractivity contribution is -0.122. The zero-order valence-corrected chi connectivity index (χ0v) is 19.8. The quantitative estimate of drug-likeness (QED) is 0.411. The summed E-state index contributed by atoms with van der Waals surface area (Å²) in [6, 6.07) is 7.35. The molecule has 0 unspecified atom stereocenters. The molecule has 0 radical (unpaired) electrons. The van der Waals surface area contributed by atoms with E-state index in [1.807, 2.05) is 30.8 Å². The highest BCUT2D eigenvalue weighted by atomic mass is 32.2. The fourth-order valence-electron chi connectivity index (χ4n) is 3.77. The van der Waals surface area contributed by atoms with Crippen molar-refractivity contribution < 1.29 is 9.21 Å². The molecule has 32 heavy (non-hydrogen) atoms. The van der Waals surface area contributed by atoms with Gasteiger partial charge in [0.15, 0.2) is 0 Å². The van der Waals surface area contributed by atoms with E-state index in [1.165, 1.54) is 16.7 Å². The summed E-state index contributed by atoms with van der Waals surface area (Å²) in [5, 5.41) is 0. The highest BCUT2D eigenvalue weighted by Gasteiger charge is 2.33. The van der Waals surface area contributed by atoms with Gasteiger partial charge in [-0.3, -0.25) is 18.9 Å². The van der Waals surface area contributed by atoms with Crippen molar-refractivity contribution in [3.63, 3.8) is 0 Å². The van der Waals surface area contributed by atoms with Crippen molar-refractivity contribution in [1.82, 2.24) is 14.3 Å². The summed E-state index contributed by atoms with van der Waals surface area (Å²) in [4.78, 5) is 35.6. The minimum Gasteiger partial charge on any atom is -0.467 e. The number of aromatic nitrogens is 2. The normalized spacial score (nSPS) is 18.3. The first kappa shape index (κ1) is 21.3. The van der Waals surface area contributed by atoms with E-state index in [4.69, 9.17) is 21.6 Å². The Morgan fingerprint density at radius 1 is 1.22 bits per heavy atom. The molecule has 0 atom stereocenters. The first-order chi connectivity index (χ1) is 15.5. The molecule has 1 amide bonds. The van der Waals surface area contributed by atoms with Crippen molar-refractivity contribution in [1.29, 1.82) is 0 Å². The van der Waals surface area contributed by atoms with E-state index in [-0.39, 0.29) is 18.0 Å². The minimum absolute atomic E-state index is 0.191. The van der Waals surface area contributed by atoms with Crippen LogP contribution in [0, 0.1) is 6.92 Å². The first-order valence-electron chi connectivity index (χ1n) is 10.2. The topological polar surface area (TPSA) is 71.1 Å². The molecule has 0 aromatic carbocycles. The van der Waals surface area contributed by atoms with Gasteiger partial charge in [-0.25, -0.2) is 4.98 Å². The monoisotopic (exact) mass is 484 g/mol. The van der Waals surface area contributed by atoms with Crippen molar-refractivity contribution in [2.24, 2.45) is 0 Å². The fraction of sp³-hybridized carbons (Fsp3) is 0.273. The summed E-state index contributed by atoms with van der Waals surface area (Å²) < 4.78 is 7.36. The van der Waals surface area contributed by atoms with E-state index in [0.29, 0.717) is 32.0 Å². The highest BCUT2D eigenvalue weighted by molar-refractivity contribution is 8.26. The third kappa shape index (κ3) is 3.87. The Bertz CT molecular complexity index is 1290. The van der Waals surface area contributed by atoms with Crippen LogP contribution in [0.15, 0.2) is 50.8 Å². The lowest BCUT2D eigenvalue weighted by atomic mass is 10.2. The van der Waals surface area contributed by atoms with E-state index < -0.39 is 0 Å². The van der Waals surface area contributed by atoms with Crippen molar-refractivity contribution in [2.45, 2.75) is 13.5 Å². The molecule has 2 saturated heterocycles. The van der Waals surface area contributed by atoms with Crippen LogP contribution in [0.4, 0.5) is 5.82 Å². The van der Waals surface area contributed by atoms with Crippen molar-refractivity contribution >= 4 is 63.5 Å². The number of rotatable bonds is 4. The van der Waals surface area contributed by atoms with E-state index in [2.05, 4.69) is 4.90 Å². The molecule has 0 saturated carbocycles. The second kappa shape index (κ2) is 8.76. The number of thioether (sulfide) groups is 2. The van der Waals surface area contributed by atoms with Crippen LogP contribution in [-0.2, 0) is 11.3 Å². The average Bonchev–Trinajstić information content (AvgIpc) is 3.41. The fourth-order valence-corrected chi connectivity index (χ4v) is 5.91. The molecule has 3 aromatic rings. The maximum absolute atomic E-state index is 13.5. The van der Waals surface area contributed by atoms with Crippen molar-refractivity contribution in [3.05, 3.63) is 68.9 Å². The summed E-state index contributed by atoms with van der Waals surface area (Å²) >= 11 is 8.53. The van der Waals surface area contributed by atoms with Gasteiger partial charge in [-0.05, 0) is 36.8 Å². The first-order valence-corrected chi connectivity index (χ1v) is 12.5. The smallest absolute Gasteiger partial charge is 0.267 e. The molecular formula is C22H20N4O3S3. The van der Waals surface area contributed by atoms with Gasteiger partial charge in [0.2, 0.25) is 0 Å². The van der Waals surface area contributed by atoms with Crippen LogP contribution in [0.2, 0.25) is 0 Å². The number of aryl methyl sites for hydroxylation is 1. The van der Waals surface area contributed by atoms with E-state index in [1.54, 1.807) is 35.1 Å². The van der Waals surface area contributed by atoms with Gasteiger partial charge < -0.3 is 9.32 Å². The van der Waals surface area contributed by atoms with Crippen molar-refractivity contribution in [2.75, 3.05) is 29.5 Å². The number of anilines is 1. The Labute approximate surface area is 198 Å². The number of carbonyl (C=O) groups excluding carboxylic acids is 1. The van der Waals surface area contributed by atoms with Gasteiger partial charge in [-0.2, -0.15) is 11.8 Å². The molecule has 0 N–H and O–H groups in total. The molecule has 0 spiro atoms. The van der Waals surface area contributed by atoms with Gasteiger partial charge in [0.05, 0.1) is 23.3 Å². The van der Waals surface area contributed by atoms with E-state index in [0.717, 1.165) is 30.2 Å². The maximum Gasteiger partial charge on any atom is 0.267 e.